The summed E-state index contributed by atoms with van der Waals surface area (Å²) in [6, 6.07) is 16.3. The molecule has 0 amide bonds. The smallest absolute Gasteiger partial charge is 0.359 e. The van der Waals surface area contributed by atoms with Gasteiger partial charge in [-0.3, -0.25) is 0 Å². The van der Waals surface area contributed by atoms with E-state index in [4.69, 9.17) is 0 Å². The van der Waals surface area contributed by atoms with Gasteiger partial charge in [-0.15, -0.1) is 4.79 Å². The van der Waals surface area contributed by atoms with Gasteiger partial charge in [0.25, 0.3) is 19.7 Å². The fourth-order valence-corrected chi connectivity index (χ4v) is 9.07. The SMILES string of the molecule is [N-]=[N+]=C(S(=O)(=O)c1ccc2ccc3cccc4ccc1c2c34)S(=O)(=O)C1CCCCC1. The molecule has 0 radical (unpaired) electrons. The first-order valence-electron chi connectivity index (χ1n) is 10.2. The minimum atomic E-state index is -4.57. The van der Waals surface area contributed by atoms with E-state index in [0.29, 0.717) is 31.1 Å². The third-order valence-electron chi connectivity index (χ3n) is 6.32. The molecular weight excluding hydrogens is 432 g/mol. The normalized spacial score (nSPS) is 16.1. The number of nitrogens with zero attached hydrogens (tertiary/aromatic N) is 2. The van der Waals surface area contributed by atoms with Crippen LogP contribution < -0.4 is 0 Å². The molecular formula is C23H20N2O4S2. The van der Waals surface area contributed by atoms with Crippen LogP contribution in [0.15, 0.2) is 59.5 Å². The Morgan fingerprint density at radius 2 is 1.35 bits per heavy atom. The molecule has 0 atom stereocenters. The maximum atomic E-state index is 13.5. The van der Waals surface area contributed by atoms with Crippen LogP contribution in [0.25, 0.3) is 37.8 Å². The topological polar surface area (TPSA) is 105 Å². The molecule has 1 saturated carbocycles. The summed E-state index contributed by atoms with van der Waals surface area (Å²) >= 11 is 0. The highest BCUT2D eigenvalue weighted by Crippen LogP contribution is 2.38. The van der Waals surface area contributed by atoms with Crippen LogP contribution in [-0.2, 0) is 19.7 Å². The van der Waals surface area contributed by atoms with E-state index in [0.717, 1.165) is 33.4 Å². The van der Waals surface area contributed by atoms with Crippen molar-refractivity contribution < 1.29 is 21.6 Å². The number of rotatable bonds is 2. The zero-order valence-electron chi connectivity index (χ0n) is 16.7. The van der Waals surface area contributed by atoms with Gasteiger partial charge in [0, 0.05) is 5.39 Å². The molecule has 0 saturated heterocycles. The van der Waals surface area contributed by atoms with E-state index >= 15 is 0 Å². The van der Waals surface area contributed by atoms with Crippen molar-refractivity contribution in [1.29, 1.82) is 0 Å². The van der Waals surface area contributed by atoms with Gasteiger partial charge in [-0.2, -0.15) is 0 Å². The minimum Gasteiger partial charge on any atom is -0.359 e. The van der Waals surface area contributed by atoms with Gasteiger partial charge in [-0.1, -0.05) is 67.8 Å². The highest BCUT2D eigenvalue weighted by atomic mass is 32.3. The van der Waals surface area contributed by atoms with Crippen LogP contribution in [-0.4, -0.2) is 31.3 Å². The lowest BCUT2D eigenvalue weighted by molar-refractivity contribution is 0.00370. The van der Waals surface area contributed by atoms with Crippen LogP contribution in [0.3, 0.4) is 0 Å². The number of hydrogen-bond donors (Lipinski definition) is 0. The van der Waals surface area contributed by atoms with Crippen molar-refractivity contribution in [2.45, 2.75) is 42.2 Å². The van der Waals surface area contributed by atoms with Gasteiger partial charge in [0.15, 0.2) is 0 Å². The standard InChI is InChI=1S/C23H20N2O4S2/c24-25-23(30(26,27)18-7-2-1-3-8-18)31(28,29)20-14-12-17-10-9-15-5-4-6-16-11-13-19(20)22(17)21(15)16/h4-6,9-14,18H,1-3,7-8H2. The molecule has 0 spiro atoms. The fraction of sp³-hybridized carbons (Fsp3) is 0.261. The predicted molar refractivity (Wildman–Crippen MR) is 122 cm³/mol. The first-order chi connectivity index (χ1) is 14.9. The van der Waals surface area contributed by atoms with E-state index in [1.165, 1.54) is 6.07 Å². The van der Waals surface area contributed by atoms with Gasteiger partial charge in [-0.05, 0) is 45.8 Å². The Balaban J connectivity index is 1.77. The molecule has 0 N–H and O–H groups in total. The van der Waals surface area contributed by atoms with E-state index in [2.05, 4.69) is 4.79 Å². The van der Waals surface area contributed by atoms with Crippen molar-refractivity contribution in [3.63, 3.8) is 0 Å². The van der Waals surface area contributed by atoms with Crippen LogP contribution in [0.5, 0.6) is 0 Å². The highest BCUT2D eigenvalue weighted by Gasteiger charge is 2.48. The second kappa shape index (κ2) is 7.12. The fourth-order valence-electron chi connectivity index (χ4n) is 4.82. The van der Waals surface area contributed by atoms with E-state index in [1.54, 1.807) is 12.1 Å². The van der Waals surface area contributed by atoms with E-state index in [1.807, 2.05) is 36.4 Å². The molecule has 4 aromatic rings. The summed E-state index contributed by atoms with van der Waals surface area (Å²) in [5.41, 5.74) is 9.56. The predicted octanol–water partition coefficient (Wildman–Crippen LogP) is 4.69. The monoisotopic (exact) mass is 452 g/mol. The van der Waals surface area contributed by atoms with Gasteiger partial charge in [-0.25, -0.2) is 16.8 Å². The van der Waals surface area contributed by atoms with Crippen molar-refractivity contribution in [2.24, 2.45) is 0 Å². The van der Waals surface area contributed by atoms with Crippen LogP contribution in [0, 0.1) is 0 Å². The Kier molecular flexibility index (Phi) is 4.62. The minimum absolute atomic E-state index is 0.162. The molecule has 158 valence electrons. The van der Waals surface area contributed by atoms with Crippen LogP contribution in [0.4, 0.5) is 0 Å². The van der Waals surface area contributed by atoms with E-state index in [9.17, 15) is 22.4 Å². The molecule has 0 unspecified atom stereocenters. The van der Waals surface area contributed by atoms with Crippen molar-refractivity contribution in [1.82, 2.24) is 0 Å². The molecule has 1 aliphatic carbocycles. The summed E-state index contributed by atoms with van der Waals surface area (Å²) < 4.78 is 52.2. The third-order valence-corrected chi connectivity index (χ3v) is 11.1. The van der Waals surface area contributed by atoms with Crippen molar-refractivity contribution >= 4 is 56.4 Å². The molecule has 1 aliphatic rings. The van der Waals surface area contributed by atoms with Crippen LogP contribution in [0.1, 0.15) is 32.1 Å². The lowest BCUT2D eigenvalue weighted by Crippen LogP contribution is -2.35. The average Bonchev–Trinajstić information content (AvgIpc) is 2.78. The maximum Gasteiger partial charge on any atom is 0.499 e. The van der Waals surface area contributed by atoms with Gasteiger partial charge in [0.2, 0.25) is 0 Å². The Bertz CT molecular complexity index is 1580. The molecule has 0 aromatic heterocycles. The van der Waals surface area contributed by atoms with Gasteiger partial charge in [0.1, 0.15) is 0 Å². The quantitative estimate of drug-likeness (QED) is 0.145. The molecule has 31 heavy (non-hydrogen) atoms. The van der Waals surface area contributed by atoms with Gasteiger partial charge >= 0.3 is 4.38 Å². The average molecular weight is 453 g/mol. The van der Waals surface area contributed by atoms with Crippen molar-refractivity contribution in [3.8, 4) is 0 Å². The Labute approximate surface area is 180 Å². The second-order valence-corrected chi connectivity index (χ2v) is 12.3. The summed E-state index contributed by atoms with van der Waals surface area (Å²) in [5.74, 6) is 0. The number of sulfone groups is 2. The third kappa shape index (κ3) is 2.97. The summed E-state index contributed by atoms with van der Waals surface area (Å²) in [7, 11) is -8.87. The molecule has 4 aromatic carbocycles. The Morgan fingerprint density at radius 1 is 0.774 bits per heavy atom. The first-order valence-corrected chi connectivity index (χ1v) is 13.3. The Hall–Kier alpha value is -2.80. The molecule has 6 nitrogen and oxygen atoms in total. The number of benzene rings is 4. The zero-order valence-corrected chi connectivity index (χ0v) is 18.3. The summed E-state index contributed by atoms with van der Waals surface area (Å²) in [6.45, 7) is 0. The zero-order chi connectivity index (χ0) is 21.8. The summed E-state index contributed by atoms with van der Waals surface area (Å²) in [4.78, 5) is 2.67. The van der Waals surface area contributed by atoms with Crippen LogP contribution >= 0.6 is 0 Å². The maximum absolute atomic E-state index is 13.5. The molecule has 0 bridgehead atoms. The summed E-state index contributed by atoms with van der Waals surface area (Å²) in [5, 5.41) is 4.04. The molecule has 8 heteroatoms. The lowest BCUT2D eigenvalue weighted by Gasteiger charge is -2.19. The molecule has 0 aliphatic heterocycles. The highest BCUT2D eigenvalue weighted by molar-refractivity contribution is 8.31. The largest absolute Gasteiger partial charge is 0.499 e. The van der Waals surface area contributed by atoms with Crippen molar-refractivity contribution in [3.05, 3.63) is 60.1 Å². The van der Waals surface area contributed by atoms with Crippen molar-refractivity contribution in [2.75, 3.05) is 0 Å². The second-order valence-electron chi connectivity index (χ2n) is 8.09. The summed E-state index contributed by atoms with van der Waals surface area (Å²) in [6.07, 6.45) is 3.08. The molecule has 0 heterocycles. The first kappa shape index (κ1) is 20.1. The van der Waals surface area contributed by atoms with E-state index < -0.39 is 29.3 Å². The van der Waals surface area contributed by atoms with Crippen LogP contribution in [0.2, 0.25) is 0 Å². The van der Waals surface area contributed by atoms with E-state index in [-0.39, 0.29) is 4.90 Å². The molecule has 5 rings (SSSR count). The van der Waals surface area contributed by atoms with Gasteiger partial charge < -0.3 is 5.53 Å². The number of hydrogen-bond acceptors (Lipinski definition) is 4. The lowest BCUT2D eigenvalue weighted by atomic mass is 9.94. The Morgan fingerprint density at radius 3 is 2.00 bits per heavy atom. The van der Waals surface area contributed by atoms with Gasteiger partial charge in [0.05, 0.1) is 10.1 Å². The molecule has 1 fully saturated rings.